The van der Waals surface area contributed by atoms with Gasteiger partial charge in [0.25, 0.3) is 0 Å². The number of methoxy groups -OCH3 is 1. The maximum atomic E-state index is 5.27. The van der Waals surface area contributed by atoms with Crippen molar-refractivity contribution < 1.29 is 4.74 Å². The molecule has 96 valence electrons. The van der Waals surface area contributed by atoms with Crippen LogP contribution in [0, 0.1) is 6.92 Å². The van der Waals surface area contributed by atoms with Crippen molar-refractivity contribution in [3.63, 3.8) is 0 Å². The van der Waals surface area contributed by atoms with Crippen molar-refractivity contribution in [2.45, 2.75) is 6.92 Å². The largest absolute Gasteiger partial charge is 0.496 e. The summed E-state index contributed by atoms with van der Waals surface area (Å²) in [6.07, 6.45) is 1.95. The number of ether oxygens (including phenoxy) is 1. The number of thiophene rings is 1. The minimum absolute atomic E-state index is 0.883. The van der Waals surface area contributed by atoms with Crippen molar-refractivity contribution in [3.8, 4) is 27.7 Å². The molecule has 0 saturated carbocycles. The minimum atomic E-state index is 0.883. The lowest BCUT2D eigenvalue weighted by Crippen LogP contribution is -1.88. The van der Waals surface area contributed by atoms with E-state index in [1.54, 1.807) is 18.4 Å². The third kappa shape index (κ3) is 2.27. The molecule has 3 nitrogen and oxygen atoms in total. The smallest absolute Gasteiger partial charge is 0.138 e. The summed E-state index contributed by atoms with van der Waals surface area (Å²) in [5.74, 6) is 1.78. The van der Waals surface area contributed by atoms with Crippen molar-refractivity contribution in [1.29, 1.82) is 0 Å². The van der Waals surface area contributed by atoms with Crippen LogP contribution in [0.25, 0.3) is 22.0 Å². The quantitative estimate of drug-likeness (QED) is 0.777. The summed E-state index contributed by atoms with van der Waals surface area (Å²) in [4.78, 5) is 9.04. The highest BCUT2D eigenvalue weighted by Crippen LogP contribution is 2.28. The van der Waals surface area contributed by atoms with Gasteiger partial charge in [-0.3, -0.25) is 0 Å². The van der Waals surface area contributed by atoms with Crippen LogP contribution in [0.4, 0.5) is 0 Å². The number of hydrogen-bond acceptors (Lipinski definition) is 3. The SMILES string of the molecule is COc1ccc(-c2nc(-c3cccs3)c[nH]2)cc1C. The molecule has 3 rings (SSSR count). The molecule has 0 unspecified atom stereocenters. The Kier molecular flexibility index (Phi) is 3.09. The standard InChI is InChI=1S/C15H14N2OS/c1-10-8-11(5-6-13(10)18-2)15-16-9-12(17-15)14-4-3-7-19-14/h3-9H,1-2H3,(H,16,17). The molecule has 1 aromatic carbocycles. The zero-order valence-corrected chi connectivity index (χ0v) is 11.6. The number of aromatic amines is 1. The highest BCUT2D eigenvalue weighted by molar-refractivity contribution is 7.13. The van der Waals surface area contributed by atoms with Crippen molar-refractivity contribution in [1.82, 2.24) is 9.97 Å². The Labute approximate surface area is 115 Å². The van der Waals surface area contributed by atoms with E-state index in [2.05, 4.69) is 27.5 Å². The summed E-state index contributed by atoms with van der Waals surface area (Å²) in [6.45, 7) is 2.03. The Morgan fingerprint density at radius 2 is 2.16 bits per heavy atom. The van der Waals surface area contributed by atoms with Gasteiger partial charge in [-0.2, -0.15) is 0 Å². The third-order valence-corrected chi connectivity index (χ3v) is 3.91. The molecule has 0 spiro atoms. The van der Waals surface area contributed by atoms with Gasteiger partial charge in [0, 0.05) is 11.8 Å². The second kappa shape index (κ2) is 4.90. The molecule has 19 heavy (non-hydrogen) atoms. The van der Waals surface area contributed by atoms with Gasteiger partial charge >= 0.3 is 0 Å². The average Bonchev–Trinajstić information content (AvgIpc) is 3.09. The van der Waals surface area contributed by atoms with E-state index in [0.29, 0.717) is 0 Å². The highest BCUT2D eigenvalue weighted by atomic mass is 32.1. The predicted molar refractivity (Wildman–Crippen MR) is 78.6 cm³/mol. The van der Waals surface area contributed by atoms with Crippen LogP contribution in [-0.2, 0) is 0 Å². The van der Waals surface area contributed by atoms with E-state index in [1.165, 1.54) is 4.88 Å². The maximum absolute atomic E-state index is 5.27. The predicted octanol–water partition coefficient (Wildman–Crippen LogP) is 4.12. The zero-order valence-electron chi connectivity index (χ0n) is 10.8. The second-order valence-electron chi connectivity index (χ2n) is 4.30. The summed E-state index contributed by atoms with van der Waals surface area (Å²) >= 11 is 1.69. The number of benzene rings is 1. The van der Waals surface area contributed by atoms with Gasteiger partial charge in [-0.15, -0.1) is 11.3 Å². The molecule has 2 heterocycles. The van der Waals surface area contributed by atoms with Gasteiger partial charge in [0.15, 0.2) is 0 Å². The molecule has 0 fully saturated rings. The van der Waals surface area contributed by atoms with Crippen molar-refractivity contribution >= 4 is 11.3 Å². The van der Waals surface area contributed by atoms with Gasteiger partial charge < -0.3 is 9.72 Å². The maximum Gasteiger partial charge on any atom is 0.138 e. The van der Waals surface area contributed by atoms with Crippen LogP contribution < -0.4 is 4.74 Å². The van der Waals surface area contributed by atoms with Crippen LogP contribution in [0.2, 0.25) is 0 Å². The second-order valence-corrected chi connectivity index (χ2v) is 5.24. The Hall–Kier alpha value is -2.07. The first-order valence-electron chi connectivity index (χ1n) is 6.02. The van der Waals surface area contributed by atoms with Gasteiger partial charge in [0.2, 0.25) is 0 Å². The third-order valence-electron chi connectivity index (χ3n) is 3.02. The van der Waals surface area contributed by atoms with Crippen LogP contribution >= 0.6 is 11.3 Å². The lowest BCUT2D eigenvalue weighted by molar-refractivity contribution is 0.412. The van der Waals surface area contributed by atoms with Gasteiger partial charge in [-0.05, 0) is 42.1 Å². The van der Waals surface area contributed by atoms with E-state index in [1.807, 2.05) is 31.3 Å². The van der Waals surface area contributed by atoms with Crippen molar-refractivity contribution in [3.05, 3.63) is 47.5 Å². The van der Waals surface area contributed by atoms with E-state index >= 15 is 0 Å². The summed E-state index contributed by atoms with van der Waals surface area (Å²) < 4.78 is 5.27. The molecule has 0 aliphatic rings. The topological polar surface area (TPSA) is 37.9 Å². The van der Waals surface area contributed by atoms with Gasteiger partial charge in [0.05, 0.1) is 17.7 Å². The lowest BCUT2D eigenvalue weighted by Gasteiger charge is -2.05. The van der Waals surface area contributed by atoms with E-state index in [0.717, 1.165) is 28.4 Å². The average molecular weight is 270 g/mol. The molecular weight excluding hydrogens is 256 g/mol. The van der Waals surface area contributed by atoms with E-state index in [9.17, 15) is 0 Å². The normalized spacial score (nSPS) is 10.6. The number of nitrogens with one attached hydrogen (secondary N) is 1. The molecule has 0 bridgehead atoms. The molecule has 1 N–H and O–H groups in total. The molecule has 0 aliphatic heterocycles. The summed E-state index contributed by atoms with van der Waals surface area (Å²) in [7, 11) is 1.68. The molecule has 0 amide bonds. The van der Waals surface area contributed by atoms with E-state index in [-0.39, 0.29) is 0 Å². The fourth-order valence-electron chi connectivity index (χ4n) is 2.05. The molecule has 0 aliphatic carbocycles. The van der Waals surface area contributed by atoms with Crippen LogP contribution in [0.5, 0.6) is 5.75 Å². The van der Waals surface area contributed by atoms with Crippen molar-refractivity contribution in [2.75, 3.05) is 7.11 Å². The van der Waals surface area contributed by atoms with Crippen molar-refractivity contribution in [2.24, 2.45) is 0 Å². The van der Waals surface area contributed by atoms with Crippen LogP contribution in [0.15, 0.2) is 41.9 Å². The first kappa shape index (κ1) is 12.0. The molecule has 0 radical (unpaired) electrons. The molecule has 2 aromatic heterocycles. The molecule has 4 heteroatoms. The zero-order chi connectivity index (χ0) is 13.2. The van der Waals surface area contributed by atoms with Gasteiger partial charge in [0.1, 0.15) is 11.6 Å². The van der Waals surface area contributed by atoms with E-state index in [4.69, 9.17) is 4.74 Å². The van der Waals surface area contributed by atoms with Crippen LogP contribution in [0.1, 0.15) is 5.56 Å². The number of hydrogen-bond donors (Lipinski definition) is 1. The van der Waals surface area contributed by atoms with Crippen LogP contribution in [-0.4, -0.2) is 17.1 Å². The monoisotopic (exact) mass is 270 g/mol. The number of aromatic nitrogens is 2. The number of nitrogens with zero attached hydrogens (tertiary/aromatic N) is 1. The molecule has 0 saturated heterocycles. The summed E-state index contributed by atoms with van der Waals surface area (Å²) in [6, 6.07) is 10.2. The summed E-state index contributed by atoms with van der Waals surface area (Å²) in [5.41, 5.74) is 3.16. The highest BCUT2D eigenvalue weighted by Gasteiger charge is 2.08. The van der Waals surface area contributed by atoms with Crippen LogP contribution in [0.3, 0.4) is 0 Å². The fourth-order valence-corrected chi connectivity index (χ4v) is 2.73. The summed E-state index contributed by atoms with van der Waals surface area (Å²) in [5, 5.41) is 2.06. The lowest BCUT2D eigenvalue weighted by atomic mass is 10.1. The first-order valence-corrected chi connectivity index (χ1v) is 6.90. The Balaban J connectivity index is 1.97. The van der Waals surface area contributed by atoms with E-state index < -0.39 is 0 Å². The molecule has 0 atom stereocenters. The molecular formula is C15H14N2OS. The Morgan fingerprint density at radius 3 is 2.84 bits per heavy atom. The minimum Gasteiger partial charge on any atom is -0.496 e. The Bertz CT molecular complexity index is 686. The first-order chi connectivity index (χ1) is 9.28. The fraction of sp³-hybridized carbons (Fsp3) is 0.133. The van der Waals surface area contributed by atoms with Gasteiger partial charge in [-0.25, -0.2) is 4.98 Å². The molecule has 3 aromatic rings. The Morgan fingerprint density at radius 1 is 1.26 bits per heavy atom. The van der Waals surface area contributed by atoms with Gasteiger partial charge in [-0.1, -0.05) is 6.07 Å². The number of rotatable bonds is 3. The number of imidazole rings is 1. The number of aryl methyl sites for hydroxylation is 1. The number of H-pyrrole nitrogens is 1.